The Hall–Kier alpha value is -1.52. The van der Waals surface area contributed by atoms with Gasteiger partial charge in [-0.25, -0.2) is 4.68 Å². The van der Waals surface area contributed by atoms with Crippen LogP contribution in [0, 0.1) is 6.92 Å². The maximum atomic E-state index is 10.4. The molecule has 0 fully saturated rings. The molecule has 2 aromatic rings. The maximum absolute atomic E-state index is 10.4. The van der Waals surface area contributed by atoms with Gasteiger partial charge < -0.3 is 5.32 Å². The zero-order valence-electron chi connectivity index (χ0n) is 8.95. The lowest BCUT2D eigenvalue weighted by atomic mass is 10.3. The van der Waals surface area contributed by atoms with Gasteiger partial charge >= 0.3 is 0 Å². The fourth-order valence-electron chi connectivity index (χ4n) is 1.42. The molecule has 0 bridgehead atoms. The van der Waals surface area contributed by atoms with Crippen LogP contribution in [0.4, 0.5) is 5.82 Å². The Morgan fingerprint density at radius 1 is 1.35 bits per heavy atom. The number of nitrogens with one attached hydrogen (secondary N) is 1. The molecule has 1 aromatic heterocycles. The molecule has 0 aliphatic rings. The number of anilines is 1. The van der Waals surface area contributed by atoms with Crippen LogP contribution in [0.5, 0.6) is 0 Å². The van der Waals surface area contributed by atoms with Crippen molar-refractivity contribution < 1.29 is 4.79 Å². The Bertz CT molecular complexity index is 566. The highest BCUT2D eigenvalue weighted by atomic mass is 35.5. The number of hydrogen-bond donors (Lipinski definition) is 1. The van der Waals surface area contributed by atoms with Crippen LogP contribution < -0.4 is 5.32 Å². The fraction of sp³-hybridized carbons (Fsp3) is 0.0909. The second-order valence-corrected chi connectivity index (χ2v) is 4.28. The van der Waals surface area contributed by atoms with Crippen molar-refractivity contribution in [3.63, 3.8) is 0 Å². The van der Waals surface area contributed by atoms with E-state index >= 15 is 0 Å². The number of rotatable bonds is 3. The summed E-state index contributed by atoms with van der Waals surface area (Å²) < 4.78 is 1.63. The van der Waals surface area contributed by atoms with E-state index in [1.54, 1.807) is 29.1 Å². The molecule has 0 spiro atoms. The van der Waals surface area contributed by atoms with E-state index in [-0.39, 0.29) is 0 Å². The van der Waals surface area contributed by atoms with E-state index in [0.29, 0.717) is 22.3 Å². The van der Waals surface area contributed by atoms with E-state index in [2.05, 4.69) is 10.4 Å². The number of carbonyl (C=O) groups excluding carboxylic acids is 1. The van der Waals surface area contributed by atoms with Gasteiger partial charge in [0.2, 0.25) is 6.41 Å². The van der Waals surface area contributed by atoms with Crippen molar-refractivity contribution in [2.24, 2.45) is 0 Å². The zero-order valence-corrected chi connectivity index (χ0v) is 10.5. The van der Waals surface area contributed by atoms with Crippen molar-refractivity contribution in [1.29, 1.82) is 0 Å². The first-order valence-electron chi connectivity index (χ1n) is 4.83. The number of aromatic nitrogens is 2. The third kappa shape index (κ3) is 2.43. The van der Waals surface area contributed by atoms with Gasteiger partial charge in [-0.3, -0.25) is 4.79 Å². The molecular formula is C11H9Cl2N3O. The van der Waals surface area contributed by atoms with Crippen molar-refractivity contribution in [3.8, 4) is 5.69 Å². The van der Waals surface area contributed by atoms with E-state index in [1.165, 1.54) is 0 Å². The summed E-state index contributed by atoms with van der Waals surface area (Å²) in [5.74, 6) is 0.520. The van der Waals surface area contributed by atoms with Crippen molar-refractivity contribution in [2.75, 3.05) is 5.32 Å². The number of aryl methyl sites for hydroxylation is 1. The monoisotopic (exact) mass is 269 g/mol. The quantitative estimate of drug-likeness (QED) is 0.871. The topological polar surface area (TPSA) is 46.9 Å². The van der Waals surface area contributed by atoms with Crippen LogP contribution in [-0.4, -0.2) is 16.2 Å². The molecule has 1 aromatic carbocycles. The molecule has 0 atom stereocenters. The average molecular weight is 270 g/mol. The molecule has 0 aliphatic carbocycles. The normalized spacial score (nSPS) is 10.3. The Morgan fingerprint density at radius 3 is 2.76 bits per heavy atom. The van der Waals surface area contributed by atoms with Crippen LogP contribution in [0.25, 0.3) is 5.69 Å². The van der Waals surface area contributed by atoms with Gasteiger partial charge in [-0.2, -0.15) is 0 Å². The lowest BCUT2D eigenvalue weighted by Crippen LogP contribution is -1.98. The number of amides is 1. The number of benzene rings is 1. The fourth-order valence-corrected chi connectivity index (χ4v) is 1.71. The minimum absolute atomic E-state index is 0.460. The molecule has 0 unspecified atom stereocenters. The minimum atomic E-state index is 0.460. The summed E-state index contributed by atoms with van der Waals surface area (Å²) in [5.41, 5.74) is 1.64. The predicted molar refractivity (Wildman–Crippen MR) is 68.0 cm³/mol. The second-order valence-electron chi connectivity index (χ2n) is 3.47. The smallest absolute Gasteiger partial charge is 0.212 e. The zero-order chi connectivity index (χ0) is 12.4. The number of hydrogen-bond acceptors (Lipinski definition) is 2. The van der Waals surface area contributed by atoms with Gasteiger partial charge in [0.15, 0.2) is 5.82 Å². The molecule has 17 heavy (non-hydrogen) atoms. The number of nitrogens with zero attached hydrogens (tertiary/aromatic N) is 2. The third-order valence-electron chi connectivity index (χ3n) is 2.26. The van der Waals surface area contributed by atoms with Crippen LogP contribution in [0.15, 0.2) is 24.4 Å². The van der Waals surface area contributed by atoms with Gasteiger partial charge in [0.1, 0.15) is 0 Å². The second kappa shape index (κ2) is 4.77. The molecule has 1 N–H and O–H groups in total. The first-order chi connectivity index (χ1) is 8.11. The summed E-state index contributed by atoms with van der Waals surface area (Å²) in [6.45, 7) is 1.85. The molecule has 0 saturated carbocycles. The highest BCUT2D eigenvalue weighted by Crippen LogP contribution is 2.25. The van der Waals surface area contributed by atoms with Crippen molar-refractivity contribution >= 4 is 35.4 Å². The first kappa shape index (κ1) is 12.0. The first-order valence-corrected chi connectivity index (χ1v) is 5.59. The van der Waals surface area contributed by atoms with Crippen LogP contribution in [0.3, 0.4) is 0 Å². The van der Waals surface area contributed by atoms with Gasteiger partial charge in [0.05, 0.1) is 15.7 Å². The summed E-state index contributed by atoms with van der Waals surface area (Å²) in [6, 6.07) is 5.20. The summed E-state index contributed by atoms with van der Waals surface area (Å²) in [6.07, 6.45) is 2.39. The standard InChI is InChI=1S/C11H9Cl2N3O/c1-7-5-16(15-11(7)14-6-17)8-2-3-9(12)10(13)4-8/h2-6H,1H3,(H,14,15,17). The predicted octanol–water partition coefficient (Wildman–Crippen LogP) is 3.06. The molecule has 6 heteroatoms. The van der Waals surface area contributed by atoms with Crippen molar-refractivity contribution in [3.05, 3.63) is 40.0 Å². The van der Waals surface area contributed by atoms with E-state index < -0.39 is 0 Å². The van der Waals surface area contributed by atoms with Crippen molar-refractivity contribution in [2.45, 2.75) is 6.92 Å². The SMILES string of the molecule is Cc1cn(-c2ccc(Cl)c(Cl)c2)nc1NC=O. The summed E-state index contributed by atoms with van der Waals surface area (Å²) in [7, 11) is 0. The van der Waals surface area contributed by atoms with Gasteiger partial charge in [-0.05, 0) is 25.1 Å². The highest BCUT2D eigenvalue weighted by Gasteiger charge is 2.07. The Labute approximate surface area is 108 Å². The highest BCUT2D eigenvalue weighted by molar-refractivity contribution is 6.42. The molecule has 2 rings (SSSR count). The lowest BCUT2D eigenvalue weighted by Gasteiger charge is -2.02. The molecule has 88 valence electrons. The molecule has 0 saturated heterocycles. The van der Waals surface area contributed by atoms with Crippen LogP contribution in [0.2, 0.25) is 10.0 Å². The Kier molecular flexibility index (Phi) is 3.36. The summed E-state index contributed by atoms with van der Waals surface area (Å²) >= 11 is 11.8. The van der Waals surface area contributed by atoms with Crippen LogP contribution in [0.1, 0.15) is 5.56 Å². The molecule has 0 aliphatic heterocycles. The average Bonchev–Trinajstić information content (AvgIpc) is 2.65. The van der Waals surface area contributed by atoms with Gasteiger partial charge in [0, 0.05) is 11.8 Å². The van der Waals surface area contributed by atoms with E-state index in [4.69, 9.17) is 23.2 Å². The largest absolute Gasteiger partial charge is 0.312 e. The van der Waals surface area contributed by atoms with Crippen LogP contribution >= 0.6 is 23.2 Å². The summed E-state index contributed by atoms with van der Waals surface area (Å²) in [5, 5.41) is 7.69. The molecular weight excluding hydrogens is 261 g/mol. The number of halogens is 2. The molecule has 0 radical (unpaired) electrons. The minimum Gasteiger partial charge on any atom is -0.312 e. The molecule has 1 heterocycles. The van der Waals surface area contributed by atoms with Crippen molar-refractivity contribution in [1.82, 2.24) is 9.78 Å². The van der Waals surface area contributed by atoms with E-state index in [0.717, 1.165) is 11.3 Å². The van der Waals surface area contributed by atoms with E-state index in [1.807, 2.05) is 6.92 Å². The number of carbonyl (C=O) groups is 1. The maximum Gasteiger partial charge on any atom is 0.212 e. The summed E-state index contributed by atoms with van der Waals surface area (Å²) in [4.78, 5) is 10.4. The van der Waals surface area contributed by atoms with Gasteiger partial charge in [-0.1, -0.05) is 23.2 Å². The lowest BCUT2D eigenvalue weighted by molar-refractivity contribution is -0.105. The Balaban J connectivity index is 2.42. The van der Waals surface area contributed by atoms with E-state index in [9.17, 15) is 4.79 Å². The molecule has 1 amide bonds. The Morgan fingerprint density at radius 2 is 2.12 bits per heavy atom. The molecule has 4 nitrogen and oxygen atoms in total. The van der Waals surface area contributed by atoms with Crippen LogP contribution in [-0.2, 0) is 4.79 Å². The third-order valence-corrected chi connectivity index (χ3v) is 3.00. The van der Waals surface area contributed by atoms with Gasteiger partial charge in [-0.15, -0.1) is 5.10 Å². The van der Waals surface area contributed by atoms with Gasteiger partial charge in [0.25, 0.3) is 0 Å².